The van der Waals surface area contributed by atoms with Crippen LogP contribution in [-0.4, -0.2) is 125 Å². The van der Waals surface area contributed by atoms with Crippen LogP contribution in [0.2, 0.25) is 0 Å². The number of nitrogens with one attached hydrogen (secondary N) is 3. The number of thioether (sulfide) groups is 2. The van der Waals surface area contributed by atoms with Crippen molar-refractivity contribution >= 4 is 76.2 Å². The van der Waals surface area contributed by atoms with Gasteiger partial charge in [0, 0.05) is 49.3 Å². The number of benzene rings is 2. The number of aromatic hydroxyl groups is 1. The number of phenolic OH excluding ortho intramolecular Hbond substituents is 1. The first-order valence-corrected chi connectivity index (χ1v) is 19.0. The van der Waals surface area contributed by atoms with Crippen molar-refractivity contribution in [3.8, 4) is 5.75 Å². The minimum atomic E-state index is -1.66. The van der Waals surface area contributed by atoms with Crippen LogP contribution in [0.4, 0.5) is 10.1 Å². The number of hydrogen-bond donors (Lipinski definition) is 4. The van der Waals surface area contributed by atoms with Gasteiger partial charge in [-0.1, -0.05) is 23.9 Å². The molecule has 5 heterocycles. The van der Waals surface area contributed by atoms with Crippen molar-refractivity contribution in [2.24, 2.45) is 0 Å². The Kier molecular flexibility index (Phi) is 14.9. The van der Waals surface area contributed by atoms with Crippen LogP contribution in [0, 0.1) is 5.82 Å². The molecule has 4 amide bonds. The normalized spacial score (nSPS) is 17.8. The second kappa shape index (κ2) is 19.3. The van der Waals surface area contributed by atoms with Crippen LogP contribution >= 0.6 is 23.5 Å². The summed E-state index contributed by atoms with van der Waals surface area (Å²) in [7, 11) is 0. The largest absolute Gasteiger partial charge is 1.00 e. The monoisotopic (exact) mass is 866 g/mol. The molecule has 25 heteroatoms. The van der Waals surface area contributed by atoms with Crippen molar-refractivity contribution < 1.29 is 108 Å². The zero-order valence-electron chi connectivity index (χ0n) is 31.2. The molecule has 3 aliphatic heterocycles. The summed E-state index contributed by atoms with van der Waals surface area (Å²) < 4.78 is 16.3. The van der Waals surface area contributed by atoms with E-state index >= 15 is 4.39 Å². The number of phenols is 1. The Hall–Kier alpha value is -4.49. The molecule has 3 aliphatic rings. The Balaban J connectivity index is 0.00000331. The fourth-order valence-electron chi connectivity index (χ4n) is 6.58. The van der Waals surface area contributed by atoms with E-state index in [1.807, 2.05) is 0 Å². The molecular formula is C34H29FN10Na2O10S2. The summed E-state index contributed by atoms with van der Waals surface area (Å²) in [6.07, 6.45) is 1.84. The summed E-state index contributed by atoms with van der Waals surface area (Å²) in [4.78, 5) is 96.0. The van der Waals surface area contributed by atoms with Crippen LogP contribution in [-0.2, 0) is 30.5 Å². The average Bonchev–Trinajstić information content (AvgIpc) is 3.64. The van der Waals surface area contributed by atoms with Gasteiger partial charge < -0.3 is 50.3 Å². The maximum absolute atomic E-state index is 15.4. The smallest absolute Gasteiger partial charge is 0.548 e. The van der Waals surface area contributed by atoms with Gasteiger partial charge in [0.1, 0.15) is 34.6 Å². The second-order valence-corrected chi connectivity index (χ2v) is 15.0. The van der Waals surface area contributed by atoms with Crippen LogP contribution in [0.15, 0.2) is 63.8 Å². The molecule has 4 aromatic rings. The number of H-pyrrole nitrogens is 1. The quantitative estimate of drug-likeness (QED) is 0.0420. The molecule has 0 saturated carbocycles. The first kappa shape index (κ1) is 45.6. The molecule has 2 aromatic heterocycles. The number of anilines is 1. The molecule has 4 N–H and O–H groups in total. The molecule has 2 unspecified atom stereocenters. The van der Waals surface area contributed by atoms with Crippen molar-refractivity contribution in [2.45, 2.75) is 29.2 Å². The van der Waals surface area contributed by atoms with Crippen molar-refractivity contribution in [1.29, 1.82) is 0 Å². The molecule has 3 atom stereocenters. The number of amides is 4. The number of pyridine rings is 1. The van der Waals surface area contributed by atoms with Crippen LogP contribution in [0.3, 0.4) is 0 Å². The van der Waals surface area contributed by atoms with Gasteiger partial charge in [0.25, 0.3) is 11.8 Å². The maximum atomic E-state index is 15.4. The number of carbonyl (C=O) groups is 6. The predicted molar refractivity (Wildman–Crippen MR) is 193 cm³/mol. The van der Waals surface area contributed by atoms with Crippen molar-refractivity contribution in [3.63, 3.8) is 0 Å². The van der Waals surface area contributed by atoms with E-state index in [1.165, 1.54) is 30.3 Å². The Bertz CT molecular complexity index is 2410. The number of nitrogens with zero attached hydrogens (tertiary/aromatic N) is 7. The van der Waals surface area contributed by atoms with Crippen LogP contribution < -0.4 is 90.3 Å². The fourth-order valence-corrected chi connectivity index (χ4v) is 8.94. The summed E-state index contributed by atoms with van der Waals surface area (Å²) in [5.74, 6) is -6.68. The molecular weight excluding hydrogens is 838 g/mol. The minimum absolute atomic E-state index is 0. The molecule has 0 bridgehead atoms. The Labute approximate surface area is 384 Å². The van der Waals surface area contributed by atoms with Gasteiger partial charge in [-0.25, -0.2) is 9.07 Å². The first-order chi connectivity index (χ1) is 27.3. The molecule has 0 spiro atoms. The van der Waals surface area contributed by atoms with Crippen LogP contribution in [0.5, 0.6) is 5.75 Å². The number of fused-ring (bicyclic) bond motifs is 2. The van der Waals surface area contributed by atoms with Crippen LogP contribution in [0.25, 0.3) is 10.9 Å². The summed E-state index contributed by atoms with van der Waals surface area (Å²) >= 11 is 2.06. The third kappa shape index (κ3) is 9.46. The molecule has 20 nitrogen and oxygen atoms in total. The Morgan fingerprint density at radius 1 is 1.08 bits per heavy atom. The van der Waals surface area contributed by atoms with E-state index in [-0.39, 0.29) is 109 Å². The van der Waals surface area contributed by atoms with Crippen molar-refractivity contribution in [3.05, 3.63) is 81.0 Å². The van der Waals surface area contributed by atoms with E-state index < -0.39 is 76.2 Å². The van der Waals surface area contributed by atoms with E-state index in [4.69, 9.17) is 0 Å². The zero-order valence-corrected chi connectivity index (χ0v) is 36.9. The number of aliphatic carboxylic acids is 2. The van der Waals surface area contributed by atoms with Crippen molar-refractivity contribution in [1.82, 2.24) is 45.6 Å². The summed E-state index contributed by atoms with van der Waals surface area (Å²) in [6.45, 7) is 0.869. The molecule has 59 heavy (non-hydrogen) atoms. The number of β-lactam (4-membered cyclic amide) rings is 1. The van der Waals surface area contributed by atoms with Gasteiger partial charge in [-0.3, -0.25) is 28.9 Å². The number of carboxylic acids is 2. The predicted octanol–water partition coefficient (Wildman–Crippen LogP) is -8.94. The average molecular weight is 867 g/mol. The molecule has 2 aromatic carbocycles. The Morgan fingerprint density at radius 2 is 1.80 bits per heavy atom. The van der Waals surface area contributed by atoms with E-state index in [0.717, 1.165) is 51.8 Å². The SMILES string of the molecule is O=CN1CCN(c2cc3[nH]cc(C(=O)NC(C(=O)NC4C(=O)N5C(C(=O)[O-])=C(CSc6nnnn6CC(=O)[O-])CS[C@@H]45)c4ccc(O)cc4)c(=O)c3cc2F)CC1.[Na+].[Na+]. The molecule has 0 aliphatic carbocycles. The number of rotatable bonds is 13. The van der Waals surface area contributed by atoms with Crippen molar-refractivity contribution in [2.75, 3.05) is 42.6 Å². The number of piperazine rings is 1. The number of halogens is 1. The first-order valence-electron chi connectivity index (χ1n) is 17.0. The summed E-state index contributed by atoms with van der Waals surface area (Å²) in [5.41, 5.74) is -0.874. The fraction of sp³-hybridized carbons (Fsp3) is 0.294. The van der Waals surface area contributed by atoms with Gasteiger partial charge in [0.15, 0.2) is 0 Å². The van der Waals surface area contributed by atoms with E-state index in [1.54, 1.807) is 9.80 Å². The molecule has 0 radical (unpaired) electrons. The van der Waals surface area contributed by atoms with E-state index in [2.05, 4.69) is 31.1 Å². The third-order valence-corrected chi connectivity index (χ3v) is 11.8. The van der Waals surface area contributed by atoms with Gasteiger partial charge in [-0.05, 0) is 45.8 Å². The maximum Gasteiger partial charge on any atom is 1.00 e. The van der Waals surface area contributed by atoms with Gasteiger partial charge in [-0.15, -0.1) is 16.9 Å². The summed E-state index contributed by atoms with van der Waals surface area (Å²) in [6, 6.07) is 4.84. The van der Waals surface area contributed by atoms with Gasteiger partial charge in [0.05, 0.1) is 35.4 Å². The van der Waals surface area contributed by atoms with Gasteiger partial charge >= 0.3 is 59.1 Å². The topological polar surface area (TPSA) is 279 Å². The van der Waals surface area contributed by atoms with E-state index in [9.17, 15) is 48.9 Å². The number of carbonyl (C=O) groups excluding carboxylic acids is 6. The number of tetrazole rings is 1. The number of aromatic amines is 1. The number of aromatic nitrogens is 5. The molecule has 296 valence electrons. The standard InChI is InChI=1S/C34H31FN10O10S2.2Na/c35-21-9-19-22(10-23(21)43-7-5-42(15-46)6-8-43)36-11-20(28(19)50)29(51)37-25(16-1-3-18(47)4-2-16)30(52)38-26-31(53)45-27(33(54)55)17(13-56-32(26)45)14-57-34-39-40-41-44(34)12-24(48)49;;/h1-4,9-11,15,25-26,32,47H,5-8,12-14H2,(H,36,50)(H,37,51)(H,38,52)(H,48,49)(H,54,55);;/q;2*+1/p-2/t25?,26?,32-;;/m0../s1. The zero-order chi connectivity index (χ0) is 40.5. The second-order valence-electron chi connectivity index (χ2n) is 12.9. The molecule has 2 saturated heterocycles. The summed E-state index contributed by atoms with van der Waals surface area (Å²) in [5, 5.41) is 48.0. The van der Waals surface area contributed by atoms with Gasteiger partial charge in [0.2, 0.25) is 22.9 Å². The third-order valence-electron chi connectivity index (χ3n) is 9.45. The van der Waals surface area contributed by atoms with E-state index in [0.29, 0.717) is 26.2 Å². The molecule has 2 fully saturated rings. The Morgan fingerprint density at radius 3 is 2.46 bits per heavy atom. The number of carboxylic acid groups (broad SMARTS) is 2. The number of hydrogen-bond acceptors (Lipinski definition) is 16. The molecule has 7 rings (SSSR count). The van der Waals surface area contributed by atoms with Gasteiger partial charge in [-0.2, -0.15) is 0 Å². The van der Waals surface area contributed by atoms with Crippen LogP contribution in [0.1, 0.15) is 22.0 Å². The minimum Gasteiger partial charge on any atom is -0.548 e.